The first-order valence-electron chi connectivity index (χ1n) is 49.4. The van der Waals surface area contributed by atoms with Crippen LogP contribution < -0.4 is 0 Å². The van der Waals surface area contributed by atoms with Gasteiger partial charge in [0.05, 0.1) is 61.1 Å². The van der Waals surface area contributed by atoms with E-state index in [9.17, 15) is 0 Å². The number of nitrogens with zero attached hydrogens (tertiary/aromatic N) is 8. The molecule has 8 heterocycles. The van der Waals surface area contributed by atoms with Crippen molar-refractivity contribution in [1.82, 2.24) is 38.6 Å². The molecule has 1 aliphatic carbocycles. The highest BCUT2D eigenvalue weighted by molar-refractivity contribution is 6.47. The van der Waals surface area contributed by atoms with E-state index in [1.165, 1.54) is 167 Å². The number of pyridine rings is 1. The Balaban J connectivity index is 0.0000000986. The van der Waals surface area contributed by atoms with E-state index in [2.05, 4.69) is 446 Å². The van der Waals surface area contributed by atoms with Gasteiger partial charge >= 0.3 is 0 Å². The molecule has 0 saturated heterocycles. The maximum atomic E-state index is 6.76. The molecule has 10 heteroatoms. The lowest BCUT2D eigenvalue weighted by atomic mass is 9.85. The summed E-state index contributed by atoms with van der Waals surface area (Å²) in [4.78, 5) is 27.2. The van der Waals surface area contributed by atoms with Gasteiger partial charge in [-0.05, 0) is 144 Å². The second kappa shape index (κ2) is 30.5. The quantitative estimate of drug-likeness (QED) is 0.158. The lowest BCUT2D eigenvalue weighted by molar-refractivity contribution is 0.632. The standard InChI is InChI=1S/C47H31N3.C44H25N3O.C43H24N2O/c1-47(2)37-26-14-12-24-35(37)42-43(28-16-4-3-5-17-28)48-46(49-45(42)47)50-38-27-15-13-25-36(38)41-40-32-21-9-7-19-30(32)29-18-6-8-20-31(29)39(40)33-22-10-11-23-34(33)44(41)50;1-2-14-26(15-3-1)41-40-34-23-11-13-25-36(34)48-43(40)46-44(45-41)47-35-24-12-10-22-33(35)39-38-30-19-7-5-17-28(30)27-16-4-6-18-29(27)37(38)31-20-8-9-21-32(31)42(39)47;1-3-15-27-25(13-1)26-14-2-4-16-28(26)39-37(27)29-17-5-6-18-30(29)41-40(39)32-20-8-11-23-35(32)45(41)43-42-38(31-19-7-10-22-34(31)44-43)33-21-9-12-24-36(33)46-42/h3-27H,1-2H3;1-25H;1-24H. The van der Waals surface area contributed by atoms with Crippen molar-refractivity contribution < 1.29 is 8.83 Å². The topological polar surface area (TPSA) is 106 Å². The minimum absolute atomic E-state index is 0.296. The minimum Gasteiger partial charge on any atom is -0.452 e. The fourth-order valence-electron chi connectivity index (χ4n) is 25.2. The zero-order valence-corrected chi connectivity index (χ0v) is 78.1. The first-order chi connectivity index (χ1) is 71.3. The molecule has 32 aromatic rings. The van der Waals surface area contributed by atoms with Crippen LogP contribution in [0.2, 0.25) is 0 Å². The van der Waals surface area contributed by atoms with E-state index >= 15 is 0 Å². The molecule has 33 rings (SSSR count). The summed E-state index contributed by atoms with van der Waals surface area (Å²) in [6.45, 7) is 4.60. The van der Waals surface area contributed by atoms with Gasteiger partial charge in [0.2, 0.25) is 17.6 Å². The second-order valence-corrected chi connectivity index (χ2v) is 38.8. The fraction of sp³-hybridized carbons (Fsp3) is 0.0224. The van der Waals surface area contributed by atoms with Gasteiger partial charge < -0.3 is 8.83 Å². The number of fused-ring (bicyclic) bond motifs is 50. The molecule has 1 aliphatic rings. The van der Waals surface area contributed by atoms with Crippen LogP contribution in [0.5, 0.6) is 0 Å². The van der Waals surface area contributed by atoms with Crippen molar-refractivity contribution in [1.29, 1.82) is 0 Å². The van der Waals surface area contributed by atoms with Crippen LogP contribution in [-0.2, 0) is 5.41 Å². The van der Waals surface area contributed by atoms with Crippen molar-refractivity contribution in [2.24, 2.45) is 0 Å². The fourth-order valence-corrected chi connectivity index (χ4v) is 25.2. The summed E-state index contributed by atoms with van der Waals surface area (Å²) < 4.78 is 20.2. The van der Waals surface area contributed by atoms with Crippen LogP contribution in [0.4, 0.5) is 0 Å². The average Bonchev–Trinajstić information content (AvgIpc) is 1.42. The third-order valence-electron chi connectivity index (χ3n) is 31.0. The number of aromatic nitrogens is 8. The van der Waals surface area contributed by atoms with Gasteiger partial charge in [-0.15, -0.1) is 0 Å². The molecule has 0 amide bonds. The number of hydrogen-bond donors (Lipinski definition) is 0. The molecule has 0 unspecified atom stereocenters. The van der Waals surface area contributed by atoms with Crippen LogP contribution in [0.25, 0.3) is 301 Å². The molecular formula is C134H80N8O2. The van der Waals surface area contributed by atoms with Crippen molar-refractivity contribution in [3.8, 4) is 51.4 Å². The summed E-state index contributed by atoms with van der Waals surface area (Å²) in [7, 11) is 0. The Labute approximate surface area is 822 Å². The Morgan fingerprint density at radius 1 is 0.208 bits per heavy atom. The van der Waals surface area contributed by atoms with E-state index in [-0.39, 0.29) is 5.41 Å². The molecule has 0 spiro atoms. The predicted molar refractivity (Wildman–Crippen MR) is 602 cm³/mol. The van der Waals surface area contributed by atoms with Crippen LogP contribution in [0.1, 0.15) is 25.1 Å². The van der Waals surface area contributed by atoms with Crippen LogP contribution in [0, 0.1) is 0 Å². The zero-order valence-electron chi connectivity index (χ0n) is 78.1. The summed E-state index contributed by atoms with van der Waals surface area (Å²) in [5, 5.41) is 42.5. The van der Waals surface area contributed by atoms with E-state index in [1.54, 1.807) is 0 Å². The molecule has 0 bridgehead atoms. The van der Waals surface area contributed by atoms with Gasteiger partial charge in [-0.25, -0.2) is 19.9 Å². The van der Waals surface area contributed by atoms with Gasteiger partial charge in [0, 0.05) is 108 Å². The largest absolute Gasteiger partial charge is 0.452 e. The number of hydrogen-bond acceptors (Lipinski definition) is 7. The highest BCUT2D eigenvalue weighted by Gasteiger charge is 2.41. The molecule has 0 N–H and O–H groups in total. The summed E-state index contributed by atoms with van der Waals surface area (Å²) in [6.07, 6.45) is 0. The molecule has 0 radical (unpaired) electrons. The van der Waals surface area contributed by atoms with E-state index < -0.39 is 0 Å². The SMILES string of the molecule is CC1(C)c2ccccc2-c2c(-c3ccccc3)nc(-n3c4ccccc4c4c5c6ccccc6c6ccccc6c5c5ccccc5c43)nc21.c1ccc(-c2nc(-n3c4ccccc4c4c5c6ccccc6c6ccccc6c5c5ccccc5c43)nc3oc4ccccc4c23)cc1.c1ccc2c(c1)nc(-n1c3ccccc3c3c4c5ccccc5c5ccccc5c4c4ccccc4c31)c1oc3ccccc3c12. The van der Waals surface area contributed by atoms with Crippen molar-refractivity contribution in [2.45, 2.75) is 19.3 Å². The lowest BCUT2D eigenvalue weighted by Crippen LogP contribution is -2.18. The first-order valence-corrected chi connectivity index (χ1v) is 49.4. The van der Waals surface area contributed by atoms with Gasteiger partial charge in [0.25, 0.3) is 0 Å². The molecule has 10 nitrogen and oxygen atoms in total. The Bertz CT molecular complexity index is 11300. The number of benzene rings is 24. The third kappa shape index (κ3) is 11.2. The molecular weight excluding hydrogens is 1750 g/mol. The van der Waals surface area contributed by atoms with Crippen LogP contribution in [0.15, 0.2) is 458 Å². The van der Waals surface area contributed by atoms with Crippen LogP contribution in [0.3, 0.4) is 0 Å². The zero-order chi connectivity index (χ0) is 94.4. The van der Waals surface area contributed by atoms with Crippen LogP contribution in [-0.4, -0.2) is 38.6 Å². The summed E-state index contributed by atoms with van der Waals surface area (Å²) >= 11 is 0. The van der Waals surface area contributed by atoms with Crippen molar-refractivity contribution in [2.75, 3.05) is 0 Å². The Kier molecular flexibility index (Phi) is 16.9. The molecule has 0 fully saturated rings. The molecule has 144 heavy (non-hydrogen) atoms. The maximum absolute atomic E-state index is 6.76. The predicted octanol–water partition coefficient (Wildman–Crippen LogP) is 35.8. The van der Waals surface area contributed by atoms with Gasteiger partial charge in [-0.1, -0.05) is 426 Å². The Hall–Kier alpha value is -19.0. The minimum atomic E-state index is -0.296. The molecule has 0 saturated carbocycles. The third-order valence-corrected chi connectivity index (χ3v) is 31.0. The van der Waals surface area contributed by atoms with Crippen molar-refractivity contribution in [3.05, 3.63) is 460 Å². The monoisotopic (exact) mass is 1830 g/mol. The van der Waals surface area contributed by atoms with Crippen molar-refractivity contribution >= 4 is 250 Å². The maximum Gasteiger partial charge on any atom is 0.238 e. The van der Waals surface area contributed by atoms with E-state index in [4.69, 9.17) is 33.8 Å². The van der Waals surface area contributed by atoms with Gasteiger partial charge in [0.1, 0.15) is 11.2 Å². The number of rotatable bonds is 5. The number of para-hydroxylation sites is 6. The first kappa shape index (κ1) is 80.0. The van der Waals surface area contributed by atoms with Gasteiger partial charge in [0.15, 0.2) is 11.4 Å². The molecule has 24 aromatic carbocycles. The van der Waals surface area contributed by atoms with E-state index in [0.29, 0.717) is 17.6 Å². The molecule has 668 valence electrons. The number of furan rings is 2. The lowest BCUT2D eigenvalue weighted by Gasteiger charge is -2.21. The average molecular weight is 1830 g/mol. The molecule has 0 atom stereocenters. The summed E-state index contributed by atoms with van der Waals surface area (Å²) in [5.41, 5.74) is 19.0. The van der Waals surface area contributed by atoms with Crippen molar-refractivity contribution in [3.63, 3.8) is 0 Å². The van der Waals surface area contributed by atoms with Gasteiger partial charge in [-0.2, -0.15) is 4.98 Å². The van der Waals surface area contributed by atoms with E-state index in [0.717, 1.165) is 127 Å². The summed E-state index contributed by atoms with van der Waals surface area (Å²) in [6, 6.07) is 161. The second-order valence-electron chi connectivity index (χ2n) is 38.8. The van der Waals surface area contributed by atoms with E-state index in [1.807, 2.05) is 30.3 Å². The normalized spacial score (nSPS) is 12.7. The Morgan fingerprint density at radius 3 is 0.958 bits per heavy atom. The van der Waals surface area contributed by atoms with Crippen LogP contribution >= 0.6 is 0 Å². The smallest absolute Gasteiger partial charge is 0.238 e. The highest BCUT2D eigenvalue weighted by atomic mass is 16.3. The molecule has 0 aliphatic heterocycles. The summed E-state index contributed by atoms with van der Waals surface area (Å²) in [5.74, 6) is 2.09. The Morgan fingerprint density at radius 2 is 0.514 bits per heavy atom. The highest BCUT2D eigenvalue weighted by Crippen LogP contribution is 2.57. The van der Waals surface area contributed by atoms with Gasteiger partial charge in [-0.3, -0.25) is 13.7 Å². The molecule has 8 aromatic heterocycles.